The summed E-state index contributed by atoms with van der Waals surface area (Å²) < 4.78 is 34.2. The average molecular weight is 349 g/mol. The Morgan fingerprint density at radius 1 is 1.32 bits per heavy atom. The summed E-state index contributed by atoms with van der Waals surface area (Å²) in [6, 6.07) is 1.29. The zero-order valence-electron chi connectivity index (χ0n) is 13.1. The highest BCUT2D eigenvalue weighted by Crippen LogP contribution is 2.27. The predicted octanol–water partition coefficient (Wildman–Crippen LogP) is 2.63. The number of rotatable bonds is 4. The Morgan fingerprint density at radius 2 is 1.91 bits per heavy atom. The van der Waals surface area contributed by atoms with Crippen molar-refractivity contribution in [2.45, 2.75) is 33.3 Å². The number of nitrogens with zero attached hydrogens (tertiary/aromatic N) is 1. The van der Waals surface area contributed by atoms with Crippen molar-refractivity contribution in [3.05, 3.63) is 16.3 Å². The molecule has 0 spiro atoms. The SMILES string of the molecule is CCOC(=O)c1cc(N(C(=O)OC(C)(C)C)S(C)(=O)=O)cs1. The van der Waals surface area contributed by atoms with Crippen LogP contribution in [0.1, 0.15) is 37.4 Å². The van der Waals surface area contributed by atoms with Gasteiger partial charge in [0.25, 0.3) is 0 Å². The third kappa shape index (κ3) is 4.99. The Hall–Kier alpha value is -1.61. The summed E-state index contributed by atoms with van der Waals surface area (Å²) >= 11 is 0.989. The largest absolute Gasteiger partial charge is 0.462 e. The summed E-state index contributed by atoms with van der Waals surface area (Å²) in [5.41, 5.74) is -0.801. The van der Waals surface area contributed by atoms with Crippen molar-refractivity contribution in [2.24, 2.45) is 0 Å². The number of thiophene rings is 1. The van der Waals surface area contributed by atoms with Crippen LogP contribution >= 0.6 is 11.3 Å². The van der Waals surface area contributed by atoms with Crippen LogP contribution in [-0.4, -0.2) is 38.9 Å². The molecule has 9 heteroatoms. The van der Waals surface area contributed by atoms with Gasteiger partial charge in [0.1, 0.15) is 10.5 Å². The molecule has 1 amide bonds. The summed E-state index contributed by atoms with van der Waals surface area (Å²) in [6.45, 7) is 6.75. The molecule has 0 aliphatic carbocycles. The molecule has 0 atom stereocenters. The molecule has 0 unspecified atom stereocenters. The average Bonchev–Trinajstić information content (AvgIpc) is 2.73. The minimum absolute atomic E-state index is 0.0461. The van der Waals surface area contributed by atoms with E-state index in [9.17, 15) is 18.0 Å². The van der Waals surface area contributed by atoms with Gasteiger partial charge in [-0.05, 0) is 33.8 Å². The lowest BCUT2D eigenvalue weighted by atomic mass is 10.2. The maximum Gasteiger partial charge on any atom is 0.428 e. The maximum atomic E-state index is 12.1. The van der Waals surface area contributed by atoms with Gasteiger partial charge < -0.3 is 9.47 Å². The first-order valence-electron chi connectivity index (χ1n) is 6.44. The number of ether oxygens (including phenoxy) is 2. The molecule has 0 bridgehead atoms. The second-order valence-corrected chi connectivity index (χ2v) is 8.14. The molecule has 0 aliphatic rings. The Kier molecular flexibility index (Phi) is 5.58. The zero-order chi connectivity index (χ0) is 17.1. The standard InChI is InChI=1S/C13H19NO6S2/c1-6-19-11(15)10-7-9(8-21-10)14(22(5,17)18)12(16)20-13(2,3)4/h7-8H,6H2,1-5H3. The van der Waals surface area contributed by atoms with Gasteiger partial charge in [0.2, 0.25) is 10.0 Å². The lowest BCUT2D eigenvalue weighted by Gasteiger charge is -2.25. The molecule has 1 aromatic heterocycles. The van der Waals surface area contributed by atoms with E-state index in [0.29, 0.717) is 4.31 Å². The summed E-state index contributed by atoms with van der Waals surface area (Å²) in [7, 11) is -3.90. The van der Waals surface area contributed by atoms with Crippen LogP contribution in [0.2, 0.25) is 0 Å². The number of carbonyl (C=O) groups is 2. The van der Waals surface area contributed by atoms with Gasteiger partial charge in [-0.3, -0.25) is 0 Å². The highest BCUT2D eigenvalue weighted by atomic mass is 32.2. The van der Waals surface area contributed by atoms with Crippen molar-refractivity contribution in [2.75, 3.05) is 17.2 Å². The Labute approximate surface area is 133 Å². The molecule has 1 rings (SSSR count). The molecule has 0 saturated carbocycles. The fraction of sp³-hybridized carbons (Fsp3) is 0.538. The highest BCUT2D eigenvalue weighted by molar-refractivity contribution is 7.92. The number of esters is 1. The maximum absolute atomic E-state index is 12.1. The molecular formula is C13H19NO6S2. The molecule has 1 aromatic rings. The summed E-state index contributed by atoms with van der Waals surface area (Å²) in [4.78, 5) is 24.0. The molecule has 1 heterocycles. The van der Waals surface area contributed by atoms with Crippen molar-refractivity contribution in [1.82, 2.24) is 0 Å². The van der Waals surface area contributed by atoms with Crippen molar-refractivity contribution in [3.63, 3.8) is 0 Å². The van der Waals surface area contributed by atoms with E-state index in [1.54, 1.807) is 27.7 Å². The molecule has 0 fully saturated rings. The normalized spacial score (nSPS) is 11.9. The smallest absolute Gasteiger partial charge is 0.428 e. The summed E-state index contributed by atoms with van der Waals surface area (Å²) in [6.07, 6.45) is -0.137. The molecule has 0 N–H and O–H groups in total. The molecule has 0 saturated heterocycles. The lowest BCUT2D eigenvalue weighted by molar-refractivity contribution is 0.0529. The minimum Gasteiger partial charge on any atom is -0.462 e. The number of sulfonamides is 1. The quantitative estimate of drug-likeness (QED) is 0.776. The third-order valence-electron chi connectivity index (χ3n) is 2.19. The van der Waals surface area contributed by atoms with E-state index in [2.05, 4.69) is 0 Å². The summed E-state index contributed by atoms with van der Waals surface area (Å²) in [5.74, 6) is -0.573. The number of amides is 1. The van der Waals surface area contributed by atoms with Gasteiger partial charge in [-0.15, -0.1) is 11.3 Å². The van der Waals surface area contributed by atoms with Crippen LogP contribution in [-0.2, 0) is 19.5 Å². The van der Waals surface area contributed by atoms with E-state index >= 15 is 0 Å². The predicted molar refractivity (Wildman–Crippen MR) is 83.8 cm³/mol. The first kappa shape index (κ1) is 18.4. The van der Waals surface area contributed by atoms with Gasteiger partial charge in [0, 0.05) is 5.38 Å². The molecule has 22 heavy (non-hydrogen) atoms. The topological polar surface area (TPSA) is 90.0 Å². The zero-order valence-corrected chi connectivity index (χ0v) is 14.7. The van der Waals surface area contributed by atoms with E-state index < -0.39 is 27.7 Å². The van der Waals surface area contributed by atoms with Crippen LogP contribution in [0.4, 0.5) is 10.5 Å². The van der Waals surface area contributed by atoms with Crippen LogP contribution < -0.4 is 4.31 Å². The number of carbonyl (C=O) groups excluding carboxylic acids is 2. The summed E-state index contributed by atoms with van der Waals surface area (Å²) in [5, 5.41) is 1.39. The molecule has 0 aliphatic heterocycles. The van der Waals surface area contributed by atoms with Crippen LogP contribution in [0, 0.1) is 0 Å². The number of anilines is 1. The van der Waals surface area contributed by atoms with Crippen LogP contribution in [0.25, 0.3) is 0 Å². The molecule has 0 aromatic carbocycles. The monoisotopic (exact) mass is 349 g/mol. The van der Waals surface area contributed by atoms with Crippen molar-refractivity contribution < 1.29 is 27.5 Å². The van der Waals surface area contributed by atoms with Gasteiger partial charge in [-0.2, -0.15) is 4.31 Å². The van der Waals surface area contributed by atoms with Gasteiger partial charge in [0.15, 0.2) is 0 Å². The van der Waals surface area contributed by atoms with Gasteiger partial charge in [-0.25, -0.2) is 18.0 Å². The van der Waals surface area contributed by atoms with Gasteiger partial charge >= 0.3 is 12.1 Å². The van der Waals surface area contributed by atoms with E-state index in [-0.39, 0.29) is 17.2 Å². The van der Waals surface area contributed by atoms with Gasteiger partial charge in [0.05, 0.1) is 18.6 Å². The molecule has 7 nitrogen and oxygen atoms in total. The third-order valence-corrected chi connectivity index (χ3v) is 4.11. The van der Waals surface area contributed by atoms with Gasteiger partial charge in [-0.1, -0.05) is 0 Å². The van der Waals surface area contributed by atoms with Crippen LogP contribution in [0.5, 0.6) is 0 Å². The Morgan fingerprint density at radius 3 is 2.36 bits per heavy atom. The molecule has 124 valence electrons. The Bertz CT molecular complexity index is 656. The fourth-order valence-electron chi connectivity index (χ4n) is 1.48. The highest BCUT2D eigenvalue weighted by Gasteiger charge is 2.31. The number of hydrogen-bond donors (Lipinski definition) is 0. The van der Waals surface area contributed by atoms with Crippen molar-refractivity contribution >= 4 is 39.1 Å². The van der Waals surface area contributed by atoms with E-state index in [0.717, 1.165) is 17.6 Å². The second kappa shape index (κ2) is 6.66. The second-order valence-electron chi connectivity index (χ2n) is 5.40. The number of hydrogen-bond acceptors (Lipinski definition) is 7. The first-order chi connectivity index (χ1) is 9.95. The Balaban J connectivity index is 3.15. The minimum atomic E-state index is -3.90. The van der Waals surface area contributed by atoms with Crippen LogP contribution in [0.3, 0.4) is 0 Å². The van der Waals surface area contributed by atoms with Crippen LogP contribution in [0.15, 0.2) is 11.4 Å². The lowest BCUT2D eigenvalue weighted by Crippen LogP contribution is -2.40. The molecule has 0 radical (unpaired) electrons. The fourth-order valence-corrected chi connectivity index (χ4v) is 3.11. The van der Waals surface area contributed by atoms with Crippen molar-refractivity contribution in [3.8, 4) is 0 Å². The van der Waals surface area contributed by atoms with E-state index in [1.165, 1.54) is 11.4 Å². The van der Waals surface area contributed by atoms with E-state index in [1.807, 2.05) is 0 Å². The molecular weight excluding hydrogens is 330 g/mol. The van der Waals surface area contributed by atoms with Crippen molar-refractivity contribution in [1.29, 1.82) is 0 Å². The first-order valence-corrected chi connectivity index (χ1v) is 9.17. The van der Waals surface area contributed by atoms with E-state index in [4.69, 9.17) is 9.47 Å².